The van der Waals surface area contributed by atoms with Gasteiger partial charge in [-0.15, -0.1) is 0 Å². The van der Waals surface area contributed by atoms with Crippen molar-refractivity contribution in [1.82, 2.24) is 4.57 Å². The molecular weight excluding hydrogens is 388 g/mol. The van der Waals surface area contributed by atoms with E-state index in [1.54, 1.807) is 12.1 Å². The van der Waals surface area contributed by atoms with E-state index in [0.717, 1.165) is 26.9 Å². The molecule has 4 heteroatoms. The number of carbonyl (C=O) groups is 1. The zero-order valence-corrected chi connectivity index (χ0v) is 15.8. The molecule has 26 heavy (non-hydrogen) atoms. The minimum atomic E-state index is -0.122. The lowest BCUT2D eigenvalue weighted by molar-refractivity contribution is 0.102. The monoisotopic (exact) mass is 404 g/mol. The molecule has 1 heterocycles. The summed E-state index contributed by atoms with van der Waals surface area (Å²) in [6, 6.07) is 25.7. The van der Waals surface area contributed by atoms with Gasteiger partial charge >= 0.3 is 0 Å². The third-order valence-electron chi connectivity index (χ3n) is 4.51. The molecule has 0 aliphatic carbocycles. The minimum Gasteiger partial charge on any atom is -0.344 e. The van der Waals surface area contributed by atoms with E-state index in [4.69, 9.17) is 0 Å². The van der Waals surface area contributed by atoms with E-state index < -0.39 is 0 Å². The fourth-order valence-electron chi connectivity index (χ4n) is 3.16. The first-order valence-corrected chi connectivity index (χ1v) is 9.13. The van der Waals surface area contributed by atoms with Crippen LogP contribution in [0.2, 0.25) is 0 Å². The van der Waals surface area contributed by atoms with Gasteiger partial charge in [0.1, 0.15) is 0 Å². The second-order valence-electron chi connectivity index (χ2n) is 6.15. The average Bonchev–Trinajstić information content (AvgIpc) is 3.00. The van der Waals surface area contributed by atoms with Gasteiger partial charge in [-0.2, -0.15) is 0 Å². The number of aromatic nitrogens is 1. The summed E-state index contributed by atoms with van der Waals surface area (Å²) in [7, 11) is 2.05. The number of amides is 1. The summed E-state index contributed by atoms with van der Waals surface area (Å²) in [4.78, 5) is 12.6. The predicted molar refractivity (Wildman–Crippen MR) is 110 cm³/mol. The number of hydrogen-bond donors (Lipinski definition) is 1. The Bertz CT molecular complexity index is 1100. The lowest BCUT2D eigenvalue weighted by atomic mass is 10.1. The summed E-state index contributed by atoms with van der Waals surface area (Å²) >= 11 is 3.39. The molecule has 0 bridgehead atoms. The molecule has 0 radical (unpaired) electrons. The Hall–Kier alpha value is -2.85. The largest absolute Gasteiger partial charge is 0.344 e. The number of fused-ring (bicyclic) bond motifs is 1. The first kappa shape index (κ1) is 16.6. The van der Waals surface area contributed by atoms with Gasteiger partial charge < -0.3 is 9.88 Å². The third-order valence-corrected chi connectivity index (χ3v) is 5.04. The van der Waals surface area contributed by atoms with E-state index in [0.29, 0.717) is 5.56 Å². The Morgan fingerprint density at radius 1 is 0.923 bits per heavy atom. The van der Waals surface area contributed by atoms with Gasteiger partial charge in [-0.25, -0.2) is 0 Å². The summed E-state index contributed by atoms with van der Waals surface area (Å²) in [5.74, 6) is -0.122. The van der Waals surface area contributed by atoms with E-state index in [1.165, 1.54) is 5.39 Å². The molecule has 0 atom stereocenters. The summed E-state index contributed by atoms with van der Waals surface area (Å²) in [6.07, 6.45) is 0. The van der Waals surface area contributed by atoms with Crippen molar-refractivity contribution >= 4 is 38.4 Å². The quantitative estimate of drug-likeness (QED) is 0.455. The van der Waals surface area contributed by atoms with Gasteiger partial charge in [0.15, 0.2) is 0 Å². The molecule has 0 aliphatic heterocycles. The fraction of sp³-hybridized carbons (Fsp3) is 0.0455. The van der Waals surface area contributed by atoms with Crippen LogP contribution < -0.4 is 5.32 Å². The predicted octanol–water partition coefficient (Wildman–Crippen LogP) is 5.86. The average molecular weight is 405 g/mol. The molecule has 4 aromatic rings. The Kier molecular flexibility index (Phi) is 4.35. The summed E-state index contributed by atoms with van der Waals surface area (Å²) in [5, 5.41) is 4.23. The van der Waals surface area contributed by atoms with Crippen LogP contribution in [0, 0.1) is 0 Å². The van der Waals surface area contributed by atoms with Gasteiger partial charge in [-0.3, -0.25) is 4.79 Å². The highest BCUT2D eigenvalue weighted by Gasteiger charge is 2.13. The number of halogens is 1. The Morgan fingerprint density at radius 3 is 2.38 bits per heavy atom. The number of rotatable bonds is 3. The number of benzene rings is 3. The van der Waals surface area contributed by atoms with Gasteiger partial charge in [-0.1, -0.05) is 52.3 Å². The van der Waals surface area contributed by atoms with E-state index in [9.17, 15) is 4.79 Å². The minimum absolute atomic E-state index is 0.122. The van der Waals surface area contributed by atoms with Crippen molar-refractivity contribution in [3.05, 3.63) is 88.9 Å². The lowest BCUT2D eigenvalue weighted by Crippen LogP contribution is -2.12. The molecule has 0 fully saturated rings. The van der Waals surface area contributed by atoms with Gasteiger partial charge in [0.25, 0.3) is 5.91 Å². The Balaban J connectivity index is 1.74. The van der Waals surface area contributed by atoms with Crippen LogP contribution >= 0.6 is 15.9 Å². The van der Waals surface area contributed by atoms with Crippen molar-refractivity contribution in [2.75, 3.05) is 5.32 Å². The highest BCUT2D eigenvalue weighted by Crippen LogP contribution is 2.32. The van der Waals surface area contributed by atoms with E-state index in [-0.39, 0.29) is 5.91 Å². The van der Waals surface area contributed by atoms with Crippen LogP contribution in [-0.4, -0.2) is 10.5 Å². The summed E-state index contributed by atoms with van der Waals surface area (Å²) in [6.45, 7) is 0. The first-order chi connectivity index (χ1) is 12.6. The summed E-state index contributed by atoms with van der Waals surface area (Å²) < 4.78 is 3.10. The van der Waals surface area contributed by atoms with Gasteiger partial charge in [0.05, 0.1) is 11.4 Å². The van der Waals surface area contributed by atoms with Crippen LogP contribution in [0.15, 0.2) is 83.3 Å². The molecule has 128 valence electrons. The fourth-order valence-corrected chi connectivity index (χ4v) is 3.42. The second kappa shape index (κ2) is 6.81. The van der Waals surface area contributed by atoms with Gasteiger partial charge in [0.2, 0.25) is 0 Å². The van der Waals surface area contributed by atoms with Crippen LogP contribution in [0.3, 0.4) is 0 Å². The lowest BCUT2D eigenvalue weighted by Gasteiger charge is -2.12. The number of hydrogen-bond acceptors (Lipinski definition) is 1. The molecule has 3 nitrogen and oxygen atoms in total. The highest BCUT2D eigenvalue weighted by atomic mass is 79.9. The van der Waals surface area contributed by atoms with Crippen LogP contribution in [0.25, 0.3) is 22.2 Å². The smallest absolute Gasteiger partial charge is 0.255 e. The third kappa shape index (κ3) is 3.04. The normalized spacial score (nSPS) is 10.8. The van der Waals surface area contributed by atoms with Crippen molar-refractivity contribution in [1.29, 1.82) is 0 Å². The van der Waals surface area contributed by atoms with Crippen LogP contribution in [-0.2, 0) is 7.05 Å². The topological polar surface area (TPSA) is 34.0 Å². The number of anilines is 1. The molecule has 0 saturated carbocycles. The molecule has 1 N–H and O–H groups in total. The van der Waals surface area contributed by atoms with Gasteiger partial charge in [-0.05, 0) is 42.5 Å². The maximum Gasteiger partial charge on any atom is 0.255 e. The van der Waals surface area contributed by atoms with Crippen LogP contribution in [0.5, 0.6) is 0 Å². The van der Waals surface area contributed by atoms with Crippen molar-refractivity contribution in [2.45, 2.75) is 0 Å². The number of para-hydroxylation sites is 2. The zero-order chi connectivity index (χ0) is 18.1. The first-order valence-electron chi connectivity index (χ1n) is 8.34. The van der Waals surface area contributed by atoms with E-state index >= 15 is 0 Å². The number of nitrogens with zero attached hydrogens (tertiary/aromatic N) is 1. The molecule has 0 unspecified atom stereocenters. The summed E-state index contributed by atoms with van der Waals surface area (Å²) in [5.41, 5.74) is 4.65. The maximum atomic E-state index is 12.6. The maximum absolute atomic E-state index is 12.6. The second-order valence-corrected chi connectivity index (χ2v) is 7.07. The zero-order valence-electron chi connectivity index (χ0n) is 14.2. The van der Waals surface area contributed by atoms with Crippen molar-refractivity contribution in [3.8, 4) is 11.3 Å². The molecule has 1 amide bonds. The molecule has 1 aromatic heterocycles. The van der Waals surface area contributed by atoms with Crippen LogP contribution in [0.4, 0.5) is 5.69 Å². The standard InChI is InChI=1S/C22H17BrN2O/c1-25-20-9-5-2-6-16(20)14-21(25)18-7-3-4-8-19(18)24-22(26)15-10-12-17(23)13-11-15/h2-14H,1H3,(H,24,26). The van der Waals surface area contributed by atoms with Gasteiger partial charge in [0, 0.05) is 33.6 Å². The van der Waals surface area contributed by atoms with Crippen molar-refractivity contribution < 1.29 is 4.79 Å². The number of nitrogens with one attached hydrogen (secondary N) is 1. The molecular formula is C22H17BrN2O. The highest BCUT2D eigenvalue weighted by molar-refractivity contribution is 9.10. The number of carbonyl (C=O) groups excluding carboxylic acids is 1. The molecule has 3 aromatic carbocycles. The van der Waals surface area contributed by atoms with E-state index in [2.05, 4.69) is 44.0 Å². The number of aryl methyl sites for hydroxylation is 1. The SMILES string of the molecule is Cn1c(-c2ccccc2NC(=O)c2ccc(Br)cc2)cc2ccccc21. The van der Waals surface area contributed by atoms with Crippen LogP contribution in [0.1, 0.15) is 10.4 Å². The van der Waals surface area contributed by atoms with Crippen molar-refractivity contribution in [2.24, 2.45) is 7.05 Å². The Morgan fingerprint density at radius 2 is 1.62 bits per heavy atom. The molecule has 0 saturated heterocycles. The van der Waals surface area contributed by atoms with E-state index in [1.807, 2.05) is 55.6 Å². The molecule has 4 rings (SSSR count). The van der Waals surface area contributed by atoms with Crippen molar-refractivity contribution in [3.63, 3.8) is 0 Å². The molecule has 0 aliphatic rings. The molecule has 0 spiro atoms. The Labute approximate surface area is 160 Å².